The molecular weight excluding hydrogens is 334 g/mol. The van der Waals surface area contributed by atoms with Gasteiger partial charge in [-0.05, 0) is 36.5 Å². The number of amides is 1. The van der Waals surface area contributed by atoms with E-state index in [1.54, 1.807) is 0 Å². The van der Waals surface area contributed by atoms with Crippen LogP contribution in [0.3, 0.4) is 0 Å². The summed E-state index contributed by atoms with van der Waals surface area (Å²) in [5, 5.41) is 12.4. The van der Waals surface area contributed by atoms with Crippen molar-refractivity contribution in [1.29, 1.82) is 0 Å². The molecule has 2 unspecified atom stereocenters. The summed E-state index contributed by atoms with van der Waals surface area (Å²) in [4.78, 5) is 24.0. The number of halogens is 1. The van der Waals surface area contributed by atoms with E-state index in [0.29, 0.717) is 6.42 Å². The van der Waals surface area contributed by atoms with Crippen molar-refractivity contribution in [3.63, 3.8) is 0 Å². The minimum atomic E-state index is -1.11. The van der Waals surface area contributed by atoms with E-state index in [1.807, 2.05) is 31.2 Å². The zero-order valence-electron chi connectivity index (χ0n) is 12.1. The van der Waals surface area contributed by atoms with Gasteiger partial charge in [0.05, 0.1) is 6.42 Å². The molecule has 0 spiro atoms. The van der Waals surface area contributed by atoms with E-state index < -0.39 is 11.5 Å². The first-order chi connectivity index (χ1) is 9.94. The smallest absolute Gasteiger partial charge is 0.329 e. The molecule has 5 heteroatoms. The van der Waals surface area contributed by atoms with Crippen molar-refractivity contribution >= 4 is 27.8 Å². The second-order valence-electron chi connectivity index (χ2n) is 5.78. The molecule has 0 heterocycles. The van der Waals surface area contributed by atoms with Crippen LogP contribution < -0.4 is 5.32 Å². The number of carboxylic acid groups (broad SMARTS) is 1. The predicted octanol–water partition coefficient (Wildman–Crippen LogP) is 3.14. The number of carbonyl (C=O) groups excluding carboxylic acids is 1. The Labute approximate surface area is 133 Å². The minimum Gasteiger partial charge on any atom is -0.479 e. The standard InChI is InChI=1S/C16H20BrNO3/c1-11-5-2-3-8-16(11,15(20)21)18-14(19)10-12-6-4-7-13(17)9-12/h4,6-7,9,11H,2-3,5,8,10H2,1H3,(H,18,19)(H,20,21). The van der Waals surface area contributed by atoms with Gasteiger partial charge in [-0.2, -0.15) is 0 Å². The fourth-order valence-corrected chi connectivity index (χ4v) is 3.48. The SMILES string of the molecule is CC1CCCCC1(NC(=O)Cc1cccc(Br)c1)C(=O)O. The topological polar surface area (TPSA) is 66.4 Å². The molecule has 1 aromatic carbocycles. The molecule has 0 aliphatic heterocycles. The van der Waals surface area contributed by atoms with Gasteiger partial charge in [0, 0.05) is 4.47 Å². The lowest BCUT2D eigenvalue weighted by atomic mass is 9.73. The lowest BCUT2D eigenvalue weighted by Gasteiger charge is -2.39. The second-order valence-corrected chi connectivity index (χ2v) is 6.69. The van der Waals surface area contributed by atoms with Crippen LogP contribution in [0.25, 0.3) is 0 Å². The van der Waals surface area contributed by atoms with Gasteiger partial charge < -0.3 is 10.4 Å². The summed E-state index contributed by atoms with van der Waals surface area (Å²) in [6.07, 6.45) is 3.41. The van der Waals surface area contributed by atoms with Crippen LogP contribution in [0.5, 0.6) is 0 Å². The third kappa shape index (κ3) is 3.64. The molecule has 1 amide bonds. The Morgan fingerprint density at radius 3 is 2.81 bits per heavy atom. The highest BCUT2D eigenvalue weighted by atomic mass is 79.9. The fraction of sp³-hybridized carbons (Fsp3) is 0.500. The number of nitrogens with one attached hydrogen (secondary N) is 1. The maximum Gasteiger partial charge on any atom is 0.329 e. The predicted molar refractivity (Wildman–Crippen MR) is 84.0 cm³/mol. The summed E-state index contributed by atoms with van der Waals surface area (Å²) in [5.74, 6) is -1.20. The number of hydrogen-bond acceptors (Lipinski definition) is 2. The molecule has 0 bridgehead atoms. The van der Waals surface area contributed by atoms with Gasteiger partial charge in [0.2, 0.25) is 5.91 Å². The molecule has 4 nitrogen and oxygen atoms in total. The molecule has 21 heavy (non-hydrogen) atoms. The van der Waals surface area contributed by atoms with Crippen molar-refractivity contribution in [1.82, 2.24) is 5.32 Å². The quantitative estimate of drug-likeness (QED) is 0.873. The lowest BCUT2D eigenvalue weighted by Crippen LogP contribution is -2.60. The molecule has 2 N–H and O–H groups in total. The van der Waals surface area contributed by atoms with Gasteiger partial charge in [0.1, 0.15) is 5.54 Å². The van der Waals surface area contributed by atoms with E-state index in [4.69, 9.17) is 0 Å². The Balaban J connectivity index is 2.10. The van der Waals surface area contributed by atoms with Crippen molar-refractivity contribution in [2.75, 3.05) is 0 Å². The Kier molecular flexibility index (Phi) is 5.04. The van der Waals surface area contributed by atoms with E-state index in [-0.39, 0.29) is 18.2 Å². The lowest BCUT2D eigenvalue weighted by molar-refractivity contribution is -0.151. The average Bonchev–Trinajstić information content (AvgIpc) is 2.41. The van der Waals surface area contributed by atoms with Gasteiger partial charge in [0.15, 0.2) is 0 Å². The van der Waals surface area contributed by atoms with E-state index >= 15 is 0 Å². The van der Waals surface area contributed by atoms with Crippen molar-refractivity contribution in [3.8, 4) is 0 Å². The number of aliphatic carboxylic acids is 1. The summed E-state index contributed by atoms with van der Waals surface area (Å²) in [7, 11) is 0. The van der Waals surface area contributed by atoms with Gasteiger partial charge in [-0.1, -0.05) is 47.8 Å². The molecule has 1 saturated carbocycles. The van der Waals surface area contributed by atoms with E-state index in [0.717, 1.165) is 29.3 Å². The molecular formula is C16H20BrNO3. The van der Waals surface area contributed by atoms with Crippen LogP contribution in [0, 0.1) is 5.92 Å². The molecule has 1 aliphatic carbocycles. The maximum atomic E-state index is 12.3. The zero-order chi connectivity index (χ0) is 15.5. The van der Waals surface area contributed by atoms with Crippen molar-refractivity contribution in [2.24, 2.45) is 5.92 Å². The summed E-state index contributed by atoms with van der Waals surface area (Å²) in [6.45, 7) is 1.91. The van der Waals surface area contributed by atoms with Crippen LogP contribution in [0.15, 0.2) is 28.7 Å². The highest BCUT2D eigenvalue weighted by molar-refractivity contribution is 9.10. The number of carbonyl (C=O) groups is 2. The zero-order valence-corrected chi connectivity index (χ0v) is 13.6. The summed E-state index contributed by atoms with van der Waals surface area (Å²) in [6, 6.07) is 7.49. The molecule has 1 fully saturated rings. The van der Waals surface area contributed by atoms with Crippen LogP contribution in [0.4, 0.5) is 0 Å². The highest BCUT2D eigenvalue weighted by Crippen LogP contribution is 2.34. The van der Waals surface area contributed by atoms with Crippen molar-refractivity contribution in [2.45, 2.75) is 44.6 Å². The number of benzene rings is 1. The van der Waals surface area contributed by atoms with Gasteiger partial charge in [-0.3, -0.25) is 4.79 Å². The fourth-order valence-electron chi connectivity index (χ4n) is 3.03. The Hall–Kier alpha value is -1.36. The minimum absolute atomic E-state index is 0.0461. The Bertz CT molecular complexity index is 546. The summed E-state index contributed by atoms with van der Waals surface area (Å²) >= 11 is 3.37. The maximum absolute atomic E-state index is 12.3. The molecule has 114 valence electrons. The second kappa shape index (κ2) is 6.60. The van der Waals surface area contributed by atoms with Gasteiger partial charge in [-0.15, -0.1) is 0 Å². The monoisotopic (exact) mass is 353 g/mol. The number of carboxylic acids is 1. The summed E-state index contributed by atoms with van der Waals surface area (Å²) < 4.78 is 0.909. The van der Waals surface area contributed by atoms with Crippen LogP contribution in [0.2, 0.25) is 0 Å². The first-order valence-electron chi connectivity index (χ1n) is 7.23. The average molecular weight is 354 g/mol. The third-order valence-electron chi connectivity index (χ3n) is 4.30. The number of hydrogen-bond donors (Lipinski definition) is 2. The van der Waals surface area contributed by atoms with Crippen molar-refractivity contribution < 1.29 is 14.7 Å². The molecule has 1 aliphatic rings. The molecule has 2 rings (SSSR count). The van der Waals surface area contributed by atoms with Crippen LogP contribution >= 0.6 is 15.9 Å². The van der Waals surface area contributed by atoms with Crippen LogP contribution in [0.1, 0.15) is 38.2 Å². The van der Waals surface area contributed by atoms with Gasteiger partial charge in [0.25, 0.3) is 0 Å². The van der Waals surface area contributed by atoms with Crippen LogP contribution in [-0.2, 0) is 16.0 Å². The van der Waals surface area contributed by atoms with Crippen molar-refractivity contribution in [3.05, 3.63) is 34.3 Å². The highest BCUT2D eigenvalue weighted by Gasteiger charge is 2.46. The Morgan fingerprint density at radius 1 is 1.43 bits per heavy atom. The number of rotatable bonds is 4. The molecule has 0 radical (unpaired) electrons. The molecule has 2 atom stereocenters. The van der Waals surface area contributed by atoms with Gasteiger partial charge in [-0.25, -0.2) is 4.79 Å². The normalized spacial score (nSPS) is 25.3. The largest absolute Gasteiger partial charge is 0.479 e. The van der Waals surface area contributed by atoms with Crippen LogP contribution in [-0.4, -0.2) is 22.5 Å². The van der Waals surface area contributed by atoms with E-state index in [9.17, 15) is 14.7 Å². The molecule has 0 saturated heterocycles. The summed E-state index contributed by atoms with van der Waals surface area (Å²) in [5.41, 5.74) is -0.243. The molecule has 1 aromatic rings. The van der Waals surface area contributed by atoms with E-state index in [2.05, 4.69) is 21.2 Å². The van der Waals surface area contributed by atoms with Gasteiger partial charge >= 0.3 is 5.97 Å². The first-order valence-corrected chi connectivity index (χ1v) is 8.02. The third-order valence-corrected chi connectivity index (χ3v) is 4.79. The molecule has 0 aromatic heterocycles. The Morgan fingerprint density at radius 2 is 2.19 bits per heavy atom. The van der Waals surface area contributed by atoms with E-state index in [1.165, 1.54) is 0 Å². The first kappa shape index (κ1) is 16.0.